The molecule has 0 heterocycles. The molecule has 0 radical (unpaired) electrons. The molecule has 0 bridgehead atoms. The van der Waals surface area contributed by atoms with Crippen LogP contribution in [0.2, 0.25) is 10.0 Å². The summed E-state index contributed by atoms with van der Waals surface area (Å²) in [6, 6.07) is 0. The molecule has 0 spiro atoms. The molecule has 0 fully saturated rings. The molecule has 0 saturated carbocycles. The van der Waals surface area contributed by atoms with Crippen molar-refractivity contribution in [1.82, 2.24) is 0 Å². The van der Waals surface area contributed by atoms with Crippen molar-refractivity contribution in [2.75, 3.05) is 0 Å². The van der Waals surface area contributed by atoms with Gasteiger partial charge in [-0.05, 0) is 0 Å². The number of hydrogen-bond acceptors (Lipinski definition) is 0. The smallest absolute Gasteiger partial charge is 0.147 e. The first-order valence-corrected chi connectivity index (χ1v) is 6.61. The van der Waals surface area contributed by atoms with E-state index in [-0.39, 0.29) is 29.5 Å². The summed E-state index contributed by atoms with van der Waals surface area (Å²) < 4.78 is 0. The first-order valence-electron chi connectivity index (χ1n) is 2.41. The van der Waals surface area contributed by atoms with E-state index < -0.39 is 0 Å². The van der Waals surface area contributed by atoms with Gasteiger partial charge >= 0.3 is 41.0 Å². The second-order valence-corrected chi connectivity index (χ2v) is 7.03. The molecule has 0 atom stereocenters. The molecule has 6 heavy (non-hydrogen) atoms. The summed E-state index contributed by atoms with van der Waals surface area (Å²) in [5.74, 6) is 0. The van der Waals surface area contributed by atoms with Crippen LogP contribution in [0.5, 0.6) is 0 Å². The van der Waals surface area contributed by atoms with Crippen LogP contribution >= 0.6 is 12.4 Å². The third-order valence-corrected chi connectivity index (χ3v) is 3.67. The van der Waals surface area contributed by atoms with Gasteiger partial charge in [0.05, 0.1) is 0 Å². The van der Waals surface area contributed by atoms with Gasteiger partial charge in [0.2, 0.25) is 0 Å². The third kappa shape index (κ3) is 8.87. The second-order valence-electron chi connectivity index (χ2n) is 1.35. The zero-order valence-corrected chi connectivity index (χ0v) is 8.31. The van der Waals surface area contributed by atoms with E-state index in [2.05, 4.69) is 13.8 Å². The number of rotatable bonds is 2. The van der Waals surface area contributed by atoms with Crippen LogP contribution < -0.4 is 0 Å². The van der Waals surface area contributed by atoms with Gasteiger partial charge in [-0.2, -0.15) is 0 Å². The van der Waals surface area contributed by atoms with Gasteiger partial charge in [-0.15, -0.1) is 12.4 Å². The minimum Gasteiger partial charge on any atom is -0.147 e. The third-order valence-electron chi connectivity index (χ3n) is 0.707. The molecule has 36 valence electrons. The molecule has 0 aromatic carbocycles. The van der Waals surface area contributed by atoms with E-state index in [9.17, 15) is 0 Å². The Morgan fingerprint density at radius 1 is 1.17 bits per heavy atom. The fraction of sp³-hybridized carbons (Fsp3) is 1.00. The van der Waals surface area contributed by atoms with Gasteiger partial charge in [0.1, 0.15) is 0 Å². The van der Waals surface area contributed by atoms with E-state index in [0.29, 0.717) is 0 Å². The summed E-state index contributed by atoms with van der Waals surface area (Å²) in [5, 5.41) is 3.06. The SMILES string of the molecule is C[CH2][Zn][CH2]C.Cl. The molecule has 0 nitrogen and oxygen atoms in total. The van der Waals surface area contributed by atoms with Crippen LogP contribution in [0.1, 0.15) is 13.8 Å². The van der Waals surface area contributed by atoms with Gasteiger partial charge in [-0.25, -0.2) is 0 Å². The van der Waals surface area contributed by atoms with Crippen molar-refractivity contribution in [3.63, 3.8) is 0 Å². The zero-order valence-electron chi connectivity index (χ0n) is 4.53. The number of halogens is 1. The van der Waals surface area contributed by atoms with Crippen LogP contribution in [-0.2, 0) is 17.1 Å². The van der Waals surface area contributed by atoms with Crippen LogP contribution in [-0.4, -0.2) is 0 Å². The van der Waals surface area contributed by atoms with Crippen molar-refractivity contribution in [3.8, 4) is 0 Å². The van der Waals surface area contributed by atoms with Crippen molar-refractivity contribution in [2.45, 2.75) is 23.9 Å². The zero-order chi connectivity index (χ0) is 4.12. The summed E-state index contributed by atoms with van der Waals surface area (Å²) in [6.07, 6.45) is 0. The van der Waals surface area contributed by atoms with E-state index in [4.69, 9.17) is 0 Å². The summed E-state index contributed by atoms with van der Waals surface area (Å²) in [4.78, 5) is 0. The summed E-state index contributed by atoms with van der Waals surface area (Å²) >= 11 is 0.0972. The Hall–Kier alpha value is 0.913. The Morgan fingerprint density at radius 2 is 1.50 bits per heavy atom. The molecule has 0 rings (SSSR count). The van der Waals surface area contributed by atoms with Crippen molar-refractivity contribution in [2.24, 2.45) is 0 Å². The monoisotopic (exact) mass is 158 g/mol. The normalized spacial score (nSPS) is 5.67. The van der Waals surface area contributed by atoms with E-state index in [1.807, 2.05) is 0 Å². The van der Waals surface area contributed by atoms with E-state index in [1.165, 1.54) is 10.0 Å². The summed E-state index contributed by atoms with van der Waals surface area (Å²) in [5.41, 5.74) is 0. The van der Waals surface area contributed by atoms with Crippen molar-refractivity contribution in [3.05, 3.63) is 0 Å². The van der Waals surface area contributed by atoms with E-state index >= 15 is 0 Å². The van der Waals surface area contributed by atoms with Crippen LogP contribution in [0.15, 0.2) is 0 Å². The Balaban J connectivity index is 0. The van der Waals surface area contributed by atoms with Crippen molar-refractivity contribution in [1.29, 1.82) is 0 Å². The van der Waals surface area contributed by atoms with Gasteiger partial charge < -0.3 is 0 Å². The maximum absolute atomic E-state index is 2.30. The standard InChI is InChI=1S/2C2H5.ClH.Zn/c2*1-2;;/h2*1H2,2H3;1H;. The average Bonchev–Trinajstić information content (AvgIpc) is 1.41. The fourth-order valence-corrected chi connectivity index (χ4v) is 1.84. The molecule has 0 aliphatic heterocycles. The van der Waals surface area contributed by atoms with Gasteiger partial charge in [-0.3, -0.25) is 0 Å². The minimum absolute atomic E-state index is 0. The molecule has 0 aromatic rings. The Bertz CT molecular complexity index is 15.0. The van der Waals surface area contributed by atoms with Gasteiger partial charge in [0, 0.05) is 0 Å². The molecule has 0 amide bonds. The maximum Gasteiger partial charge on any atom is -0.147 e. The summed E-state index contributed by atoms with van der Waals surface area (Å²) in [6.45, 7) is 4.59. The Morgan fingerprint density at radius 3 is 1.50 bits per heavy atom. The molecule has 2 heteroatoms. The molecule has 0 aromatic heterocycles. The Labute approximate surface area is 53.7 Å². The molecule has 0 unspecified atom stereocenters. The summed E-state index contributed by atoms with van der Waals surface area (Å²) in [7, 11) is 0. The van der Waals surface area contributed by atoms with Gasteiger partial charge in [-0.1, -0.05) is 0 Å². The average molecular weight is 160 g/mol. The van der Waals surface area contributed by atoms with E-state index in [1.54, 1.807) is 0 Å². The fourth-order valence-electron chi connectivity index (χ4n) is 0.354. The van der Waals surface area contributed by atoms with Crippen LogP contribution in [0, 0.1) is 0 Å². The topological polar surface area (TPSA) is 0 Å². The molecule has 0 aliphatic rings. The molecular formula is C4H11ClZn. The maximum atomic E-state index is 2.30. The Kier molecular flexibility index (Phi) is 15.6. The quantitative estimate of drug-likeness (QED) is 0.544. The molecule has 0 N–H and O–H groups in total. The van der Waals surface area contributed by atoms with Crippen LogP contribution in [0.25, 0.3) is 0 Å². The molecule has 0 aliphatic carbocycles. The predicted molar refractivity (Wildman–Crippen MR) is 28.2 cm³/mol. The number of hydrogen-bond donors (Lipinski definition) is 0. The van der Waals surface area contributed by atoms with E-state index in [0.717, 1.165) is 0 Å². The van der Waals surface area contributed by atoms with Crippen LogP contribution in [0.3, 0.4) is 0 Å². The largest absolute Gasteiger partial charge is 0.147 e. The van der Waals surface area contributed by atoms with Crippen molar-refractivity contribution < 1.29 is 17.1 Å². The van der Waals surface area contributed by atoms with Crippen molar-refractivity contribution >= 4 is 12.4 Å². The molecular weight excluding hydrogens is 149 g/mol. The van der Waals surface area contributed by atoms with Crippen LogP contribution in [0.4, 0.5) is 0 Å². The first kappa shape index (κ1) is 10.0. The molecule has 0 saturated heterocycles. The van der Waals surface area contributed by atoms with Gasteiger partial charge in [0.25, 0.3) is 0 Å². The minimum atomic E-state index is 0. The van der Waals surface area contributed by atoms with Gasteiger partial charge in [0.15, 0.2) is 0 Å². The predicted octanol–water partition coefficient (Wildman–Crippen LogP) is 2.37. The first-order chi connectivity index (χ1) is 2.41. The second kappa shape index (κ2) is 9.32.